The van der Waals surface area contributed by atoms with Gasteiger partial charge in [-0.1, -0.05) is 56.2 Å². The van der Waals surface area contributed by atoms with Crippen molar-refractivity contribution in [1.82, 2.24) is 0 Å². The van der Waals surface area contributed by atoms with Crippen molar-refractivity contribution in [2.75, 3.05) is 0 Å². The van der Waals surface area contributed by atoms with Gasteiger partial charge in [0.1, 0.15) is 5.82 Å². The van der Waals surface area contributed by atoms with E-state index in [1.807, 2.05) is 0 Å². The second-order valence-electron chi connectivity index (χ2n) is 10.3. The molecule has 0 bridgehead atoms. The first-order valence-corrected chi connectivity index (χ1v) is 12.9. The summed E-state index contributed by atoms with van der Waals surface area (Å²) in [5.41, 5.74) is -1.55. The molecule has 0 aromatic heterocycles. The van der Waals surface area contributed by atoms with E-state index in [1.54, 1.807) is 6.07 Å². The summed E-state index contributed by atoms with van der Waals surface area (Å²) in [4.78, 5) is 0. The molecule has 1 fully saturated rings. The van der Waals surface area contributed by atoms with E-state index in [0.29, 0.717) is 5.92 Å². The van der Waals surface area contributed by atoms with Gasteiger partial charge < -0.3 is 0 Å². The Hall–Kier alpha value is -3.09. The fourth-order valence-electron chi connectivity index (χ4n) is 6.07. The Kier molecular flexibility index (Phi) is 6.91. The summed E-state index contributed by atoms with van der Waals surface area (Å²) >= 11 is 0. The van der Waals surface area contributed by atoms with Gasteiger partial charge in [-0.3, -0.25) is 0 Å². The van der Waals surface area contributed by atoms with Crippen LogP contribution in [0.25, 0.3) is 32.7 Å². The first-order valence-electron chi connectivity index (χ1n) is 12.9. The highest BCUT2D eigenvalue weighted by atomic mass is 19.4. The number of rotatable bonds is 4. The molecule has 4 aromatic rings. The van der Waals surface area contributed by atoms with Gasteiger partial charge in [0.05, 0.1) is 11.1 Å². The van der Waals surface area contributed by atoms with Crippen LogP contribution in [0.5, 0.6) is 0 Å². The van der Waals surface area contributed by atoms with Crippen molar-refractivity contribution in [2.45, 2.75) is 63.7 Å². The Balaban J connectivity index is 1.62. The molecule has 1 aliphatic carbocycles. The fraction of sp³-hybridized carbons (Fsp3) is 0.355. The summed E-state index contributed by atoms with van der Waals surface area (Å²) in [6.45, 7) is 2.16. The second-order valence-corrected chi connectivity index (χ2v) is 10.3. The zero-order valence-electron chi connectivity index (χ0n) is 20.8. The van der Waals surface area contributed by atoms with Gasteiger partial charge in [0.15, 0.2) is 0 Å². The molecule has 0 atom stereocenters. The zero-order valence-corrected chi connectivity index (χ0v) is 20.8. The molecule has 7 heteroatoms. The molecule has 0 N–H and O–H groups in total. The molecule has 0 unspecified atom stereocenters. The Morgan fingerprint density at radius 3 is 2.00 bits per heavy atom. The van der Waals surface area contributed by atoms with Crippen LogP contribution in [-0.2, 0) is 12.4 Å². The number of alkyl halides is 6. The van der Waals surface area contributed by atoms with Crippen LogP contribution in [0.1, 0.15) is 68.1 Å². The second kappa shape index (κ2) is 9.90. The van der Waals surface area contributed by atoms with Gasteiger partial charge in [-0.05, 0) is 83.7 Å². The Labute approximate surface area is 216 Å². The molecular formula is C31H27F7. The zero-order chi connectivity index (χ0) is 27.2. The van der Waals surface area contributed by atoms with Crippen LogP contribution in [0.3, 0.4) is 0 Å². The third-order valence-corrected chi connectivity index (χ3v) is 7.89. The largest absolute Gasteiger partial charge is 0.417 e. The van der Waals surface area contributed by atoms with Crippen LogP contribution in [-0.4, -0.2) is 0 Å². The van der Waals surface area contributed by atoms with Crippen LogP contribution in [0.4, 0.5) is 30.7 Å². The molecule has 4 aromatic carbocycles. The minimum Gasteiger partial charge on any atom is -0.206 e. The van der Waals surface area contributed by atoms with Crippen LogP contribution in [0, 0.1) is 11.7 Å². The summed E-state index contributed by atoms with van der Waals surface area (Å²) in [5, 5.41) is -1.02. The third-order valence-electron chi connectivity index (χ3n) is 7.89. The highest BCUT2D eigenvalue weighted by molar-refractivity contribution is 6.12. The summed E-state index contributed by atoms with van der Waals surface area (Å²) in [6.07, 6.45) is -3.41. The van der Waals surface area contributed by atoms with Crippen molar-refractivity contribution >= 4 is 21.5 Å². The van der Waals surface area contributed by atoms with Crippen molar-refractivity contribution < 1.29 is 30.7 Å². The van der Waals surface area contributed by atoms with E-state index >= 15 is 4.39 Å². The summed E-state index contributed by atoms with van der Waals surface area (Å²) in [7, 11) is 0. The van der Waals surface area contributed by atoms with Gasteiger partial charge in [0, 0.05) is 16.3 Å². The molecule has 0 spiro atoms. The van der Waals surface area contributed by atoms with E-state index in [2.05, 4.69) is 6.92 Å². The van der Waals surface area contributed by atoms with E-state index in [0.717, 1.165) is 49.8 Å². The molecule has 1 aliphatic rings. The van der Waals surface area contributed by atoms with E-state index < -0.39 is 40.1 Å². The lowest BCUT2D eigenvalue weighted by Crippen LogP contribution is -2.13. The fourth-order valence-corrected chi connectivity index (χ4v) is 6.07. The maximum Gasteiger partial charge on any atom is 0.417 e. The first-order chi connectivity index (χ1) is 18.0. The van der Waals surface area contributed by atoms with Gasteiger partial charge in [0.25, 0.3) is 0 Å². The Morgan fingerprint density at radius 2 is 1.37 bits per heavy atom. The molecule has 0 heterocycles. The number of hydrogen-bond acceptors (Lipinski definition) is 0. The standard InChI is InChI=1S/C31H27F7/c1-2-4-18-7-9-19(10-8-18)21-13-14-24(27(32)17-21)23-15-22-12-11-20-5-3-6-25(30(33,34)35)28(20)29(22)26(16-23)31(36,37)38/h3,5-6,11-19H,2,4,7-10H2,1H3. The predicted molar refractivity (Wildman–Crippen MR) is 136 cm³/mol. The number of fused-ring (bicyclic) bond motifs is 3. The quantitative estimate of drug-likeness (QED) is 0.181. The summed E-state index contributed by atoms with van der Waals surface area (Å²) in [5.74, 6) is 0.260. The topological polar surface area (TPSA) is 0 Å². The smallest absolute Gasteiger partial charge is 0.206 e. The highest BCUT2D eigenvalue weighted by Gasteiger charge is 2.37. The lowest BCUT2D eigenvalue weighted by Gasteiger charge is -2.28. The molecule has 5 rings (SSSR count). The van der Waals surface area contributed by atoms with Gasteiger partial charge in [-0.2, -0.15) is 26.3 Å². The van der Waals surface area contributed by atoms with E-state index in [-0.39, 0.29) is 27.8 Å². The monoisotopic (exact) mass is 532 g/mol. The molecule has 0 amide bonds. The lowest BCUT2D eigenvalue weighted by atomic mass is 9.77. The van der Waals surface area contributed by atoms with Crippen LogP contribution in [0.2, 0.25) is 0 Å². The molecule has 0 aliphatic heterocycles. The predicted octanol–water partition coefficient (Wildman–Crippen LogP) is 10.9. The average Bonchev–Trinajstić information content (AvgIpc) is 2.87. The SMILES string of the molecule is CCCC1CCC(c2ccc(-c3cc(C(F)(F)F)c4c(ccc5cccc(C(F)(F)F)c54)c3)c(F)c2)CC1. The van der Waals surface area contributed by atoms with Crippen molar-refractivity contribution in [2.24, 2.45) is 5.92 Å². The minimum absolute atomic E-state index is 0.00924. The molecule has 38 heavy (non-hydrogen) atoms. The van der Waals surface area contributed by atoms with Gasteiger partial charge in [-0.25, -0.2) is 4.39 Å². The Bertz CT molecular complexity index is 1470. The molecular weight excluding hydrogens is 505 g/mol. The normalized spacial score (nSPS) is 18.8. The van der Waals surface area contributed by atoms with Crippen LogP contribution in [0.15, 0.2) is 60.7 Å². The highest BCUT2D eigenvalue weighted by Crippen LogP contribution is 2.45. The van der Waals surface area contributed by atoms with Crippen LogP contribution >= 0.6 is 0 Å². The van der Waals surface area contributed by atoms with Crippen molar-refractivity contribution in [3.8, 4) is 11.1 Å². The van der Waals surface area contributed by atoms with Crippen molar-refractivity contribution in [3.05, 3.63) is 83.2 Å². The number of halogens is 7. The van der Waals surface area contributed by atoms with Crippen molar-refractivity contribution in [3.63, 3.8) is 0 Å². The first kappa shape index (κ1) is 26.5. The number of hydrogen-bond donors (Lipinski definition) is 0. The van der Waals surface area contributed by atoms with Gasteiger partial charge >= 0.3 is 12.4 Å². The molecule has 0 nitrogen and oxygen atoms in total. The molecule has 0 saturated heterocycles. The maximum atomic E-state index is 15.4. The molecule has 1 saturated carbocycles. The van der Waals surface area contributed by atoms with Gasteiger partial charge in [-0.15, -0.1) is 0 Å². The average molecular weight is 533 g/mol. The maximum absolute atomic E-state index is 15.4. The number of benzene rings is 4. The van der Waals surface area contributed by atoms with E-state index in [4.69, 9.17) is 0 Å². The van der Waals surface area contributed by atoms with Crippen molar-refractivity contribution in [1.29, 1.82) is 0 Å². The van der Waals surface area contributed by atoms with E-state index in [9.17, 15) is 26.3 Å². The molecule has 200 valence electrons. The Morgan fingerprint density at radius 1 is 0.711 bits per heavy atom. The van der Waals surface area contributed by atoms with E-state index in [1.165, 1.54) is 48.9 Å². The molecule has 0 radical (unpaired) electrons. The van der Waals surface area contributed by atoms with Crippen LogP contribution < -0.4 is 0 Å². The lowest BCUT2D eigenvalue weighted by molar-refractivity contribution is -0.138. The summed E-state index contributed by atoms with van der Waals surface area (Å²) in [6, 6.07) is 12.8. The van der Waals surface area contributed by atoms with Gasteiger partial charge in [0.2, 0.25) is 0 Å². The summed E-state index contributed by atoms with van der Waals surface area (Å²) < 4.78 is 99.6. The minimum atomic E-state index is -4.95. The third kappa shape index (κ3) is 4.99.